The fourth-order valence-corrected chi connectivity index (χ4v) is 4.92. The van der Waals surface area contributed by atoms with E-state index in [4.69, 9.17) is 0 Å². The summed E-state index contributed by atoms with van der Waals surface area (Å²) in [6.07, 6.45) is 3.93. The third-order valence-electron chi connectivity index (χ3n) is 4.42. The van der Waals surface area contributed by atoms with Crippen molar-refractivity contribution in [2.45, 2.75) is 12.5 Å². The lowest BCUT2D eigenvalue weighted by Crippen LogP contribution is -2.40. The molecule has 6 nitrogen and oxygen atoms in total. The number of carbonyl (C=O) groups excluding carboxylic acids is 1. The number of amides is 1. The molecule has 0 fully saturated rings. The van der Waals surface area contributed by atoms with E-state index >= 15 is 0 Å². The van der Waals surface area contributed by atoms with Crippen molar-refractivity contribution < 1.29 is 9.18 Å². The summed E-state index contributed by atoms with van der Waals surface area (Å²) in [6.45, 7) is 0.524. The van der Waals surface area contributed by atoms with Gasteiger partial charge in [0.1, 0.15) is 16.9 Å². The van der Waals surface area contributed by atoms with Crippen molar-refractivity contribution in [2.75, 3.05) is 6.54 Å². The van der Waals surface area contributed by atoms with Gasteiger partial charge in [0.05, 0.1) is 22.2 Å². The molecule has 0 radical (unpaired) electrons. The van der Waals surface area contributed by atoms with Gasteiger partial charge < -0.3 is 9.88 Å². The molecule has 9 heteroatoms. The fourth-order valence-electron chi connectivity index (χ4n) is 3.25. The van der Waals surface area contributed by atoms with Gasteiger partial charge in [-0.1, -0.05) is 6.07 Å². The number of aromatic amines is 1. The lowest BCUT2D eigenvalue weighted by Gasteiger charge is -2.33. The number of thiazole rings is 2. The molecule has 4 aromatic rings. The van der Waals surface area contributed by atoms with Crippen LogP contribution in [0.2, 0.25) is 0 Å². The second-order valence-corrected chi connectivity index (χ2v) is 7.82. The number of benzene rings is 1. The zero-order valence-corrected chi connectivity index (χ0v) is 15.0. The Labute approximate surface area is 155 Å². The molecule has 1 amide bonds. The van der Waals surface area contributed by atoms with E-state index in [-0.39, 0.29) is 11.7 Å². The molecule has 3 aromatic heterocycles. The molecule has 0 saturated carbocycles. The molecule has 0 saturated heterocycles. The van der Waals surface area contributed by atoms with Crippen molar-refractivity contribution in [3.8, 4) is 0 Å². The van der Waals surface area contributed by atoms with E-state index in [1.54, 1.807) is 34.9 Å². The summed E-state index contributed by atoms with van der Waals surface area (Å²) < 4.78 is 14.6. The number of nitrogens with one attached hydrogen (secondary N) is 1. The minimum atomic E-state index is -0.446. The number of aromatic nitrogens is 4. The summed E-state index contributed by atoms with van der Waals surface area (Å²) in [4.78, 5) is 31.0. The topological polar surface area (TPSA) is 74.8 Å². The number of carbonyl (C=O) groups is 1. The van der Waals surface area contributed by atoms with Crippen molar-refractivity contribution >= 4 is 38.8 Å². The highest BCUT2D eigenvalue weighted by atomic mass is 32.1. The molecular formula is C17H12FN5OS2. The second-order valence-electron chi connectivity index (χ2n) is 5.89. The van der Waals surface area contributed by atoms with E-state index in [0.29, 0.717) is 33.2 Å². The summed E-state index contributed by atoms with van der Waals surface area (Å²) in [5.74, 6) is -0.458. The number of hydrogen-bond acceptors (Lipinski definition) is 6. The van der Waals surface area contributed by atoms with Crippen LogP contribution in [0, 0.1) is 5.82 Å². The van der Waals surface area contributed by atoms with E-state index in [1.165, 1.54) is 28.7 Å². The quantitative estimate of drug-likeness (QED) is 0.574. The van der Waals surface area contributed by atoms with Crippen LogP contribution >= 0.6 is 22.7 Å². The van der Waals surface area contributed by atoms with Gasteiger partial charge in [-0.15, -0.1) is 22.7 Å². The van der Waals surface area contributed by atoms with E-state index in [2.05, 4.69) is 19.9 Å². The predicted molar refractivity (Wildman–Crippen MR) is 96.9 cm³/mol. The Morgan fingerprint density at radius 3 is 3.08 bits per heavy atom. The van der Waals surface area contributed by atoms with Gasteiger partial charge in [-0.05, 0) is 12.1 Å². The van der Waals surface area contributed by atoms with Gasteiger partial charge in [0.25, 0.3) is 5.91 Å². The van der Waals surface area contributed by atoms with E-state index in [0.717, 1.165) is 11.4 Å². The molecule has 0 unspecified atom stereocenters. The molecule has 0 bridgehead atoms. The zero-order valence-electron chi connectivity index (χ0n) is 13.3. The van der Waals surface area contributed by atoms with Gasteiger partial charge in [-0.25, -0.2) is 19.3 Å². The van der Waals surface area contributed by atoms with Crippen LogP contribution in [0.3, 0.4) is 0 Å². The molecule has 1 aromatic carbocycles. The Bertz CT molecular complexity index is 1100. The summed E-state index contributed by atoms with van der Waals surface area (Å²) in [5.41, 5.74) is 2.34. The molecule has 0 spiro atoms. The summed E-state index contributed by atoms with van der Waals surface area (Å²) >= 11 is 2.57. The predicted octanol–water partition coefficient (Wildman–Crippen LogP) is 3.40. The van der Waals surface area contributed by atoms with Gasteiger partial charge in [-0.2, -0.15) is 0 Å². The van der Waals surface area contributed by atoms with Crippen LogP contribution in [0.4, 0.5) is 4.39 Å². The largest absolute Gasteiger partial charge is 0.348 e. The first-order valence-corrected chi connectivity index (χ1v) is 9.69. The van der Waals surface area contributed by atoms with E-state index in [1.807, 2.05) is 0 Å². The van der Waals surface area contributed by atoms with Crippen LogP contribution in [0.25, 0.3) is 10.2 Å². The number of H-pyrrole nitrogens is 1. The van der Waals surface area contributed by atoms with Crippen LogP contribution < -0.4 is 0 Å². The van der Waals surface area contributed by atoms with Crippen LogP contribution in [-0.2, 0) is 6.42 Å². The molecule has 1 N–H and O–H groups in total. The highest BCUT2D eigenvalue weighted by Crippen LogP contribution is 2.38. The summed E-state index contributed by atoms with van der Waals surface area (Å²) in [7, 11) is 0. The number of rotatable bonds is 2. The Morgan fingerprint density at radius 2 is 2.27 bits per heavy atom. The minimum Gasteiger partial charge on any atom is -0.348 e. The number of hydrogen-bond donors (Lipinski definition) is 1. The van der Waals surface area contributed by atoms with Gasteiger partial charge in [0, 0.05) is 30.2 Å². The van der Waals surface area contributed by atoms with Crippen molar-refractivity contribution in [1.29, 1.82) is 0 Å². The third kappa shape index (κ3) is 2.35. The molecule has 26 heavy (non-hydrogen) atoms. The van der Waals surface area contributed by atoms with Crippen molar-refractivity contribution in [2.24, 2.45) is 0 Å². The lowest BCUT2D eigenvalue weighted by atomic mass is 10.0. The number of imidazole rings is 1. The summed E-state index contributed by atoms with van der Waals surface area (Å²) in [5, 5.41) is 2.86. The Balaban J connectivity index is 1.66. The third-order valence-corrected chi connectivity index (χ3v) is 6.31. The van der Waals surface area contributed by atoms with Gasteiger partial charge >= 0.3 is 0 Å². The maximum Gasteiger partial charge on any atom is 0.283 e. The lowest BCUT2D eigenvalue weighted by molar-refractivity contribution is 0.0690. The molecule has 0 aliphatic carbocycles. The average Bonchev–Trinajstić information content (AvgIpc) is 3.39. The molecule has 1 aliphatic rings. The normalized spacial score (nSPS) is 16.8. The maximum absolute atomic E-state index is 14.1. The first-order valence-electron chi connectivity index (χ1n) is 8.00. The Hall–Kier alpha value is -2.65. The molecule has 1 atom stereocenters. The number of fused-ring (bicyclic) bond motifs is 2. The Morgan fingerprint density at radius 1 is 1.35 bits per heavy atom. The van der Waals surface area contributed by atoms with Crippen LogP contribution in [0.5, 0.6) is 0 Å². The van der Waals surface area contributed by atoms with Crippen LogP contribution in [0.1, 0.15) is 32.2 Å². The molecule has 130 valence electrons. The van der Waals surface area contributed by atoms with Crippen molar-refractivity contribution in [3.63, 3.8) is 0 Å². The highest BCUT2D eigenvalue weighted by molar-refractivity contribution is 7.18. The summed E-state index contributed by atoms with van der Waals surface area (Å²) in [6, 6.07) is 4.39. The number of nitrogens with zero attached hydrogens (tertiary/aromatic N) is 4. The standard InChI is InChI=1S/C17H12FN5OS2/c18-9-2-1-3-11-14(9)26-15(22-11)13-12-10(20-8-21-12)4-6-23(13)17(24)16-19-5-7-25-16/h1-3,5,7-8,13H,4,6H2,(H,20,21)/t13-/m0/s1. The molecule has 5 rings (SSSR count). The van der Waals surface area contributed by atoms with Crippen LogP contribution in [-0.4, -0.2) is 37.3 Å². The zero-order chi connectivity index (χ0) is 17.7. The Kier molecular flexibility index (Phi) is 3.57. The highest BCUT2D eigenvalue weighted by Gasteiger charge is 2.37. The monoisotopic (exact) mass is 385 g/mol. The first kappa shape index (κ1) is 15.6. The fraction of sp³-hybridized carbons (Fsp3) is 0.176. The van der Waals surface area contributed by atoms with Gasteiger partial charge in [0.2, 0.25) is 0 Å². The smallest absolute Gasteiger partial charge is 0.283 e. The minimum absolute atomic E-state index is 0.154. The van der Waals surface area contributed by atoms with Gasteiger partial charge in [-0.3, -0.25) is 4.79 Å². The van der Waals surface area contributed by atoms with Crippen LogP contribution in [0.15, 0.2) is 36.1 Å². The van der Waals surface area contributed by atoms with E-state index in [9.17, 15) is 9.18 Å². The van der Waals surface area contributed by atoms with Gasteiger partial charge in [0.15, 0.2) is 5.01 Å². The average molecular weight is 385 g/mol. The van der Waals surface area contributed by atoms with E-state index < -0.39 is 6.04 Å². The number of halogens is 1. The second kappa shape index (κ2) is 5.96. The maximum atomic E-state index is 14.1. The molecule has 1 aliphatic heterocycles. The SMILES string of the molecule is O=C(c1nccs1)N1CCc2[nH]cnc2[C@H]1c1nc2cccc(F)c2s1. The van der Waals surface area contributed by atoms with Crippen molar-refractivity contribution in [3.05, 3.63) is 63.3 Å². The molecule has 4 heterocycles. The van der Waals surface area contributed by atoms with Crippen molar-refractivity contribution in [1.82, 2.24) is 24.8 Å². The molecular weight excluding hydrogens is 373 g/mol. The first-order chi connectivity index (χ1) is 12.7.